The van der Waals surface area contributed by atoms with Crippen LogP contribution in [0.4, 0.5) is 0 Å². The molecule has 0 radical (unpaired) electrons. The van der Waals surface area contributed by atoms with Gasteiger partial charge in [-0.05, 0) is 50.6 Å². The summed E-state index contributed by atoms with van der Waals surface area (Å²) in [6.07, 6.45) is 6.09. The van der Waals surface area contributed by atoms with Crippen molar-refractivity contribution in [2.45, 2.75) is 25.7 Å². The lowest BCUT2D eigenvalue weighted by atomic mass is 9.89. The van der Waals surface area contributed by atoms with E-state index in [0.717, 1.165) is 30.8 Å². The van der Waals surface area contributed by atoms with E-state index in [2.05, 4.69) is 10.6 Å². The molecule has 2 saturated carbocycles. The average molecular weight is 182 g/mol. The van der Waals surface area contributed by atoms with E-state index in [-0.39, 0.29) is 0 Å². The van der Waals surface area contributed by atoms with Gasteiger partial charge in [0.25, 0.3) is 0 Å². The highest BCUT2D eigenvalue weighted by Crippen LogP contribution is 2.47. The fourth-order valence-corrected chi connectivity index (χ4v) is 3.13. The second kappa shape index (κ2) is 4.43. The molecule has 2 rings (SSSR count). The van der Waals surface area contributed by atoms with Gasteiger partial charge in [0, 0.05) is 13.1 Å². The lowest BCUT2D eigenvalue weighted by Gasteiger charge is -2.21. The van der Waals surface area contributed by atoms with Gasteiger partial charge in [-0.2, -0.15) is 0 Å². The van der Waals surface area contributed by atoms with Crippen molar-refractivity contribution in [2.75, 3.05) is 26.7 Å². The van der Waals surface area contributed by atoms with Gasteiger partial charge in [-0.25, -0.2) is 0 Å². The van der Waals surface area contributed by atoms with E-state index in [9.17, 15) is 0 Å². The molecular formula is C11H22N2. The van der Waals surface area contributed by atoms with Gasteiger partial charge in [-0.1, -0.05) is 6.42 Å². The van der Waals surface area contributed by atoms with Crippen molar-refractivity contribution in [3.8, 4) is 0 Å². The summed E-state index contributed by atoms with van der Waals surface area (Å²) in [7, 11) is 2.01. The second-order valence-corrected chi connectivity index (χ2v) is 4.74. The zero-order chi connectivity index (χ0) is 9.10. The molecule has 0 amide bonds. The second-order valence-electron chi connectivity index (χ2n) is 4.74. The first-order valence-electron chi connectivity index (χ1n) is 5.75. The summed E-state index contributed by atoms with van der Waals surface area (Å²) in [6.45, 7) is 3.49. The van der Waals surface area contributed by atoms with Crippen LogP contribution in [0.2, 0.25) is 0 Å². The van der Waals surface area contributed by atoms with Gasteiger partial charge in [0.2, 0.25) is 0 Å². The van der Waals surface area contributed by atoms with Crippen molar-refractivity contribution in [1.29, 1.82) is 0 Å². The Balaban J connectivity index is 1.60. The molecule has 3 unspecified atom stereocenters. The number of hydrogen-bond donors (Lipinski definition) is 2. The average Bonchev–Trinajstić information content (AvgIpc) is 2.73. The third-order valence-electron chi connectivity index (χ3n) is 3.84. The van der Waals surface area contributed by atoms with Crippen LogP contribution in [-0.4, -0.2) is 26.7 Å². The summed E-state index contributed by atoms with van der Waals surface area (Å²) in [5.41, 5.74) is 0. The molecule has 13 heavy (non-hydrogen) atoms. The molecular weight excluding hydrogens is 160 g/mol. The Morgan fingerprint density at radius 2 is 2.08 bits per heavy atom. The normalized spacial score (nSPS) is 37.2. The first kappa shape index (κ1) is 9.47. The Kier molecular flexibility index (Phi) is 3.23. The van der Waals surface area contributed by atoms with Crippen LogP contribution in [0, 0.1) is 17.8 Å². The number of likely N-dealkylation sites (N-methyl/N-ethyl adjacent to an activating group) is 1. The van der Waals surface area contributed by atoms with Gasteiger partial charge in [-0.15, -0.1) is 0 Å². The van der Waals surface area contributed by atoms with Gasteiger partial charge < -0.3 is 10.6 Å². The molecule has 2 fully saturated rings. The standard InChI is InChI=1S/C11H22N2/c1-12-4-5-13-8-11-7-9-2-3-10(11)6-9/h9-13H,2-8H2,1H3. The Hall–Kier alpha value is -0.0800. The van der Waals surface area contributed by atoms with E-state index in [1.54, 1.807) is 6.42 Å². The van der Waals surface area contributed by atoms with Crippen molar-refractivity contribution in [2.24, 2.45) is 17.8 Å². The van der Waals surface area contributed by atoms with Crippen molar-refractivity contribution in [1.82, 2.24) is 10.6 Å². The number of fused-ring (bicyclic) bond motifs is 2. The van der Waals surface area contributed by atoms with E-state index < -0.39 is 0 Å². The molecule has 2 N–H and O–H groups in total. The van der Waals surface area contributed by atoms with E-state index in [1.807, 2.05) is 7.05 Å². The minimum Gasteiger partial charge on any atom is -0.318 e. The van der Waals surface area contributed by atoms with Gasteiger partial charge in [-0.3, -0.25) is 0 Å². The highest BCUT2D eigenvalue weighted by atomic mass is 14.9. The van der Waals surface area contributed by atoms with Crippen LogP contribution in [0.1, 0.15) is 25.7 Å². The topological polar surface area (TPSA) is 24.1 Å². The number of hydrogen-bond acceptors (Lipinski definition) is 2. The highest BCUT2D eigenvalue weighted by molar-refractivity contribution is 4.90. The molecule has 3 atom stereocenters. The molecule has 0 aliphatic heterocycles. The van der Waals surface area contributed by atoms with Gasteiger partial charge in [0.1, 0.15) is 0 Å². The predicted octanol–water partition coefficient (Wildman–Crippen LogP) is 1.23. The molecule has 2 aliphatic carbocycles. The Labute approximate surface area is 81.5 Å². The van der Waals surface area contributed by atoms with E-state index in [0.29, 0.717) is 0 Å². The molecule has 2 bridgehead atoms. The summed E-state index contributed by atoms with van der Waals surface area (Å²) in [5.74, 6) is 3.18. The van der Waals surface area contributed by atoms with Crippen LogP contribution in [0.5, 0.6) is 0 Å². The van der Waals surface area contributed by atoms with Gasteiger partial charge in [0.15, 0.2) is 0 Å². The molecule has 76 valence electrons. The van der Waals surface area contributed by atoms with Gasteiger partial charge in [0.05, 0.1) is 0 Å². The molecule has 2 aliphatic rings. The Morgan fingerprint density at radius 3 is 2.69 bits per heavy atom. The van der Waals surface area contributed by atoms with E-state index in [1.165, 1.54) is 25.8 Å². The first-order valence-corrected chi connectivity index (χ1v) is 5.75. The van der Waals surface area contributed by atoms with Crippen molar-refractivity contribution in [3.05, 3.63) is 0 Å². The summed E-state index contributed by atoms with van der Waals surface area (Å²) in [5, 5.41) is 6.72. The maximum Gasteiger partial charge on any atom is 0.00767 e. The minimum atomic E-state index is 1.01. The van der Waals surface area contributed by atoms with Crippen LogP contribution in [0.15, 0.2) is 0 Å². The smallest absolute Gasteiger partial charge is 0.00767 e. The SMILES string of the molecule is CNCCNCC1CC2CCC1C2. The summed E-state index contributed by atoms with van der Waals surface area (Å²) in [4.78, 5) is 0. The van der Waals surface area contributed by atoms with Crippen LogP contribution < -0.4 is 10.6 Å². The monoisotopic (exact) mass is 182 g/mol. The largest absolute Gasteiger partial charge is 0.318 e. The first-order chi connectivity index (χ1) is 6.40. The quantitative estimate of drug-likeness (QED) is 0.625. The Bertz CT molecular complexity index is 158. The summed E-state index contributed by atoms with van der Waals surface area (Å²) in [6, 6.07) is 0. The molecule has 0 aromatic carbocycles. The molecule has 0 aromatic rings. The maximum atomic E-state index is 3.55. The third-order valence-corrected chi connectivity index (χ3v) is 3.84. The lowest BCUT2D eigenvalue weighted by molar-refractivity contribution is 0.319. The van der Waals surface area contributed by atoms with Crippen molar-refractivity contribution >= 4 is 0 Å². The highest BCUT2D eigenvalue weighted by Gasteiger charge is 2.38. The lowest BCUT2D eigenvalue weighted by Crippen LogP contribution is -2.31. The molecule has 0 aromatic heterocycles. The van der Waals surface area contributed by atoms with Crippen LogP contribution in [-0.2, 0) is 0 Å². The maximum absolute atomic E-state index is 3.55. The fraction of sp³-hybridized carbons (Fsp3) is 1.00. The molecule has 2 heteroatoms. The van der Waals surface area contributed by atoms with Crippen LogP contribution in [0.3, 0.4) is 0 Å². The summed E-state index contributed by atoms with van der Waals surface area (Å²) >= 11 is 0. The van der Waals surface area contributed by atoms with Crippen LogP contribution >= 0.6 is 0 Å². The number of nitrogens with one attached hydrogen (secondary N) is 2. The molecule has 0 heterocycles. The summed E-state index contributed by atoms with van der Waals surface area (Å²) < 4.78 is 0. The minimum absolute atomic E-state index is 1.01. The van der Waals surface area contributed by atoms with Crippen molar-refractivity contribution in [3.63, 3.8) is 0 Å². The third kappa shape index (κ3) is 2.23. The molecule has 2 nitrogen and oxygen atoms in total. The van der Waals surface area contributed by atoms with E-state index in [4.69, 9.17) is 0 Å². The zero-order valence-electron chi connectivity index (χ0n) is 8.68. The zero-order valence-corrected chi connectivity index (χ0v) is 8.68. The van der Waals surface area contributed by atoms with Gasteiger partial charge >= 0.3 is 0 Å². The molecule has 0 spiro atoms. The fourth-order valence-electron chi connectivity index (χ4n) is 3.13. The predicted molar refractivity (Wildman–Crippen MR) is 55.7 cm³/mol. The molecule has 0 saturated heterocycles. The number of rotatable bonds is 5. The van der Waals surface area contributed by atoms with E-state index >= 15 is 0 Å². The van der Waals surface area contributed by atoms with Crippen LogP contribution in [0.25, 0.3) is 0 Å². The Morgan fingerprint density at radius 1 is 1.15 bits per heavy atom. The van der Waals surface area contributed by atoms with Crippen molar-refractivity contribution < 1.29 is 0 Å².